The summed E-state index contributed by atoms with van der Waals surface area (Å²) in [7, 11) is 0. The van der Waals surface area contributed by atoms with Gasteiger partial charge in [0.25, 0.3) is 0 Å². The summed E-state index contributed by atoms with van der Waals surface area (Å²) in [6, 6.07) is 0. The number of carbonyl (C=O) groups excluding carboxylic acids is 2. The van der Waals surface area contributed by atoms with Crippen LogP contribution in [-0.2, 0) is 14.3 Å². The molecule has 2 N–H and O–H groups in total. The van der Waals surface area contributed by atoms with Crippen molar-refractivity contribution in [3.05, 3.63) is 35.5 Å². The van der Waals surface area contributed by atoms with E-state index in [0.29, 0.717) is 31.1 Å². The van der Waals surface area contributed by atoms with Crippen molar-refractivity contribution in [3.63, 3.8) is 0 Å². The minimum Gasteiger partial charge on any atom is -0.465 e. The SMILES string of the molecule is CCOC(=O)C(C)(C)C(=O)C=C[C@@H](C)[C@H]1CC[C@H]2C(=CC=C3C[C@@H](O)C[C@H](O)C3)CCC[C@]12C. The van der Waals surface area contributed by atoms with Gasteiger partial charge in [0.15, 0.2) is 5.78 Å². The van der Waals surface area contributed by atoms with Crippen LogP contribution in [0, 0.1) is 28.6 Å². The number of ketones is 1. The van der Waals surface area contributed by atoms with Gasteiger partial charge >= 0.3 is 5.97 Å². The van der Waals surface area contributed by atoms with Gasteiger partial charge in [-0.15, -0.1) is 0 Å². The minimum absolute atomic E-state index is 0.192. The molecule has 0 aliphatic heterocycles. The number of carbonyl (C=O) groups is 2. The van der Waals surface area contributed by atoms with Crippen molar-refractivity contribution < 1.29 is 24.5 Å². The molecule has 34 heavy (non-hydrogen) atoms. The number of ether oxygens (including phenoxy) is 1. The van der Waals surface area contributed by atoms with Gasteiger partial charge in [-0.3, -0.25) is 9.59 Å². The maximum atomic E-state index is 12.8. The van der Waals surface area contributed by atoms with E-state index in [1.807, 2.05) is 6.08 Å². The van der Waals surface area contributed by atoms with Gasteiger partial charge in [-0.2, -0.15) is 0 Å². The van der Waals surface area contributed by atoms with Crippen molar-refractivity contribution in [1.82, 2.24) is 0 Å². The predicted molar refractivity (Wildman–Crippen MR) is 134 cm³/mol. The average molecular weight is 473 g/mol. The molecule has 0 spiro atoms. The molecule has 3 aliphatic rings. The molecule has 0 bridgehead atoms. The van der Waals surface area contributed by atoms with Crippen molar-refractivity contribution in [2.24, 2.45) is 28.6 Å². The van der Waals surface area contributed by atoms with Crippen LogP contribution in [-0.4, -0.2) is 40.8 Å². The summed E-state index contributed by atoms with van der Waals surface area (Å²) in [4.78, 5) is 24.9. The quantitative estimate of drug-likeness (QED) is 0.298. The van der Waals surface area contributed by atoms with Crippen LogP contribution in [0.5, 0.6) is 0 Å². The van der Waals surface area contributed by atoms with E-state index < -0.39 is 23.6 Å². The molecule has 0 aromatic rings. The van der Waals surface area contributed by atoms with Crippen molar-refractivity contribution >= 4 is 11.8 Å². The van der Waals surface area contributed by atoms with Crippen molar-refractivity contribution in [1.29, 1.82) is 0 Å². The Labute approximate surface area is 205 Å². The van der Waals surface area contributed by atoms with Gasteiger partial charge in [0.1, 0.15) is 5.41 Å². The van der Waals surface area contributed by atoms with Gasteiger partial charge in [-0.25, -0.2) is 0 Å². The summed E-state index contributed by atoms with van der Waals surface area (Å²) in [6.45, 7) is 9.89. The lowest BCUT2D eigenvalue weighted by molar-refractivity contribution is -0.156. The normalized spacial score (nSPS) is 34.2. The molecule has 0 radical (unpaired) electrons. The number of allylic oxidation sites excluding steroid dienone is 5. The highest BCUT2D eigenvalue weighted by Crippen LogP contribution is 2.59. The molecule has 0 aromatic heterocycles. The fraction of sp³-hybridized carbons (Fsp3) is 0.724. The fourth-order valence-electron chi connectivity index (χ4n) is 6.67. The topological polar surface area (TPSA) is 83.8 Å². The standard InChI is InChI=1S/C29H44O5/c1-6-34-27(33)28(3,4)26(32)14-9-19(2)24-12-13-25-21(8-7-15-29(24,25)5)11-10-20-16-22(30)18-23(31)17-20/h9-11,14,19,22-25,30-31H,6-8,12-13,15-18H2,1-5H3/t19-,22-,23-,24-,25+,29-/m1/s1. The van der Waals surface area contributed by atoms with Gasteiger partial charge in [0.05, 0.1) is 18.8 Å². The zero-order valence-electron chi connectivity index (χ0n) is 21.7. The Morgan fingerprint density at radius 2 is 1.85 bits per heavy atom. The Morgan fingerprint density at radius 1 is 1.18 bits per heavy atom. The van der Waals surface area contributed by atoms with E-state index in [2.05, 4.69) is 26.0 Å². The minimum atomic E-state index is -1.16. The van der Waals surface area contributed by atoms with E-state index in [9.17, 15) is 19.8 Å². The Bertz CT molecular complexity index is 839. The first-order valence-corrected chi connectivity index (χ1v) is 13.1. The summed E-state index contributed by atoms with van der Waals surface area (Å²) in [5.41, 5.74) is 1.66. The molecule has 3 fully saturated rings. The van der Waals surface area contributed by atoms with Crippen molar-refractivity contribution in [3.8, 4) is 0 Å². The van der Waals surface area contributed by atoms with E-state index >= 15 is 0 Å². The number of aliphatic hydroxyl groups excluding tert-OH is 2. The second-order valence-electron chi connectivity index (χ2n) is 11.5. The van der Waals surface area contributed by atoms with Crippen LogP contribution in [0.15, 0.2) is 35.5 Å². The molecule has 0 aromatic carbocycles. The molecule has 5 nitrogen and oxygen atoms in total. The Kier molecular flexibility index (Phi) is 8.62. The van der Waals surface area contributed by atoms with Crippen LogP contribution in [0.4, 0.5) is 0 Å². The lowest BCUT2D eigenvalue weighted by atomic mass is 9.61. The smallest absolute Gasteiger partial charge is 0.319 e. The van der Waals surface area contributed by atoms with E-state index in [1.54, 1.807) is 26.8 Å². The lowest BCUT2D eigenvalue weighted by Crippen LogP contribution is -2.36. The van der Waals surface area contributed by atoms with Crippen molar-refractivity contribution in [2.75, 3.05) is 6.61 Å². The highest BCUT2D eigenvalue weighted by molar-refractivity contribution is 6.08. The Balaban J connectivity index is 1.71. The maximum absolute atomic E-state index is 12.8. The average Bonchev–Trinajstić information content (AvgIpc) is 3.12. The first-order chi connectivity index (χ1) is 16.0. The van der Waals surface area contributed by atoms with Crippen LogP contribution in [0.3, 0.4) is 0 Å². The van der Waals surface area contributed by atoms with Gasteiger partial charge < -0.3 is 14.9 Å². The molecular weight excluding hydrogens is 428 g/mol. The third-order valence-electron chi connectivity index (χ3n) is 8.70. The van der Waals surface area contributed by atoms with Crippen LogP contribution >= 0.6 is 0 Å². The molecule has 6 atom stereocenters. The van der Waals surface area contributed by atoms with Crippen LogP contribution in [0.1, 0.15) is 86.0 Å². The van der Waals surface area contributed by atoms with Gasteiger partial charge in [0.2, 0.25) is 0 Å². The molecule has 0 amide bonds. The number of fused-ring (bicyclic) bond motifs is 1. The molecule has 190 valence electrons. The molecule has 3 aliphatic carbocycles. The first-order valence-electron chi connectivity index (χ1n) is 13.1. The Hall–Kier alpha value is -1.72. The Morgan fingerprint density at radius 3 is 2.50 bits per heavy atom. The summed E-state index contributed by atoms with van der Waals surface area (Å²) < 4.78 is 5.08. The van der Waals surface area contributed by atoms with E-state index in [1.165, 1.54) is 12.0 Å². The summed E-state index contributed by atoms with van der Waals surface area (Å²) >= 11 is 0. The number of hydrogen-bond donors (Lipinski definition) is 2. The second-order valence-corrected chi connectivity index (χ2v) is 11.5. The zero-order chi connectivity index (χ0) is 25.1. The molecule has 0 saturated heterocycles. The van der Waals surface area contributed by atoms with E-state index in [-0.39, 0.29) is 23.7 Å². The monoisotopic (exact) mass is 472 g/mol. The molecule has 3 saturated carbocycles. The first kappa shape index (κ1) is 26.9. The summed E-state index contributed by atoms with van der Waals surface area (Å²) in [6.07, 6.45) is 14.7. The number of rotatable bonds is 7. The molecule has 5 heteroatoms. The second kappa shape index (κ2) is 10.9. The summed E-state index contributed by atoms with van der Waals surface area (Å²) in [5, 5.41) is 20.0. The number of hydrogen-bond acceptors (Lipinski definition) is 5. The molecule has 0 heterocycles. The zero-order valence-corrected chi connectivity index (χ0v) is 21.7. The third kappa shape index (κ3) is 5.73. The molecular formula is C29H44O5. The molecule has 0 unspecified atom stereocenters. The van der Waals surface area contributed by atoms with Gasteiger partial charge in [-0.1, -0.05) is 43.2 Å². The maximum Gasteiger partial charge on any atom is 0.319 e. The van der Waals surface area contributed by atoms with Crippen molar-refractivity contribution in [2.45, 2.75) is 98.2 Å². The van der Waals surface area contributed by atoms with E-state index in [4.69, 9.17) is 4.74 Å². The van der Waals surface area contributed by atoms with Gasteiger partial charge in [-0.05, 0) is 101 Å². The predicted octanol–water partition coefficient (Wildman–Crippen LogP) is 5.31. The van der Waals surface area contributed by atoms with Crippen LogP contribution < -0.4 is 0 Å². The largest absolute Gasteiger partial charge is 0.465 e. The van der Waals surface area contributed by atoms with Gasteiger partial charge in [0, 0.05) is 0 Å². The highest BCUT2D eigenvalue weighted by atomic mass is 16.5. The molecule has 3 rings (SSSR count). The fourth-order valence-corrected chi connectivity index (χ4v) is 6.67. The number of aliphatic hydroxyl groups is 2. The highest BCUT2D eigenvalue weighted by Gasteiger charge is 2.50. The van der Waals surface area contributed by atoms with Crippen LogP contribution in [0.2, 0.25) is 0 Å². The van der Waals surface area contributed by atoms with Crippen LogP contribution in [0.25, 0.3) is 0 Å². The van der Waals surface area contributed by atoms with E-state index in [0.717, 1.165) is 31.3 Å². The lowest BCUT2D eigenvalue weighted by Gasteiger charge is -2.44. The number of esters is 1. The third-order valence-corrected chi connectivity index (χ3v) is 8.70. The summed E-state index contributed by atoms with van der Waals surface area (Å²) in [5.74, 6) is 0.592.